The molecule has 0 unspecified atom stereocenters. The molecule has 0 spiro atoms. The number of carbonyl (C=O) groups excluding carboxylic acids is 1. The van der Waals surface area contributed by atoms with E-state index in [2.05, 4.69) is 9.97 Å². The number of nitrogens with two attached hydrogens (primary N) is 1. The Hall–Kier alpha value is -3.10. The monoisotopic (exact) mass is 453 g/mol. The van der Waals surface area contributed by atoms with Crippen LogP contribution in [0.25, 0.3) is 16.7 Å². The maximum Gasteiger partial charge on any atom is 0.258 e. The number of thiazole rings is 1. The molecule has 1 aromatic carbocycles. The first kappa shape index (κ1) is 19.8. The third-order valence-corrected chi connectivity index (χ3v) is 6.89. The van der Waals surface area contributed by atoms with Crippen molar-refractivity contribution in [3.63, 3.8) is 0 Å². The fourth-order valence-electron chi connectivity index (χ4n) is 4.23. The van der Waals surface area contributed by atoms with Crippen molar-refractivity contribution in [3.05, 3.63) is 62.2 Å². The van der Waals surface area contributed by atoms with Gasteiger partial charge in [0.1, 0.15) is 17.2 Å². The number of pyridine rings is 1. The van der Waals surface area contributed by atoms with Crippen LogP contribution >= 0.6 is 22.9 Å². The van der Waals surface area contributed by atoms with Crippen molar-refractivity contribution in [1.29, 1.82) is 0 Å². The lowest BCUT2D eigenvalue weighted by atomic mass is 10.1. The number of rotatable bonds is 2. The number of halogens is 1. The van der Waals surface area contributed by atoms with E-state index in [1.807, 2.05) is 25.4 Å². The number of aromatic nitrogens is 3. The van der Waals surface area contributed by atoms with Gasteiger partial charge in [0.2, 0.25) is 0 Å². The Labute approximate surface area is 187 Å². The van der Waals surface area contributed by atoms with Crippen molar-refractivity contribution >= 4 is 45.7 Å². The quantitative estimate of drug-likeness (QED) is 0.473. The molecule has 5 rings (SSSR count). The smallest absolute Gasteiger partial charge is 0.258 e. The largest absolute Gasteiger partial charge is 0.508 e. The third kappa shape index (κ3) is 3.05. The summed E-state index contributed by atoms with van der Waals surface area (Å²) in [6.07, 6.45) is 2.25. The molecule has 1 aliphatic heterocycles. The van der Waals surface area contributed by atoms with E-state index in [4.69, 9.17) is 17.3 Å². The summed E-state index contributed by atoms with van der Waals surface area (Å²) in [6, 6.07) is 5.18. The van der Waals surface area contributed by atoms with Crippen LogP contribution in [0.5, 0.6) is 5.75 Å². The summed E-state index contributed by atoms with van der Waals surface area (Å²) < 4.78 is 1.74. The van der Waals surface area contributed by atoms with Crippen LogP contribution in [0, 0.1) is 13.8 Å². The highest BCUT2D eigenvalue weighted by atomic mass is 35.5. The number of hydrogen-bond acceptors (Lipinski definition) is 6. The van der Waals surface area contributed by atoms with Gasteiger partial charge in [-0.25, -0.2) is 9.97 Å². The fraction of sp³-hybridized carbons (Fsp3) is 0.227. The van der Waals surface area contributed by atoms with E-state index >= 15 is 0 Å². The molecule has 1 aliphatic rings. The first-order valence-electron chi connectivity index (χ1n) is 9.82. The molecule has 7 nitrogen and oxygen atoms in total. The molecule has 158 valence electrons. The fourth-order valence-corrected chi connectivity index (χ4v) is 5.22. The van der Waals surface area contributed by atoms with E-state index in [-0.39, 0.29) is 17.5 Å². The molecular formula is C22H20ClN5O2S. The zero-order chi connectivity index (χ0) is 21.9. The van der Waals surface area contributed by atoms with E-state index in [1.54, 1.807) is 32.9 Å². The van der Waals surface area contributed by atoms with Gasteiger partial charge in [-0.3, -0.25) is 9.36 Å². The summed E-state index contributed by atoms with van der Waals surface area (Å²) in [5, 5.41) is 11.3. The number of fused-ring (bicyclic) bond motifs is 2. The van der Waals surface area contributed by atoms with Crippen LogP contribution in [0.1, 0.15) is 32.1 Å². The molecule has 31 heavy (non-hydrogen) atoms. The Balaban J connectivity index is 1.72. The Kier molecular flexibility index (Phi) is 4.64. The van der Waals surface area contributed by atoms with Crippen molar-refractivity contribution in [3.8, 4) is 11.4 Å². The second-order valence-electron chi connectivity index (χ2n) is 7.69. The van der Waals surface area contributed by atoms with Gasteiger partial charge in [0.25, 0.3) is 5.91 Å². The number of amides is 1. The van der Waals surface area contributed by atoms with Crippen molar-refractivity contribution in [2.75, 3.05) is 12.3 Å². The van der Waals surface area contributed by atoms with Crippen LogP contribution in [0.2, 0.25) is 5.02 Å². The van der Waals surface area contributed by atoms with Gasteiger partial charge in [-0.1, -0.05) is 17.7 Å². The van der Waals surface area contributed by atoms with Crippen molar-refractivity contribution in [1.82, 2.24) is 19.4 Å². The molecule has 1 amide bonds. The molecule has 0 bridgehead atoms. The van der Waals surface area contributed by atoms with E-state index in [0.29, 0.717) is 52.4 Å². The summed E-state index contributed by atoms with van der Waals surface area (Å²) in [5.74, 6) is 0.263. The van der Waals surface area contributed by atoms with E-state index < -0.39 is 0 Å². The average Bonchev–Trinajstić information content (AvgIpc) is 3.32. The lowest BCUT2D eigenvalue weighted by Gasteiger charge is -2.26. The van der Waals surface area contributed by atoms with Gasteiger partial charge >= 0.3 is 0 Å². The van der Waals surface area contributed by atoms with Crippen LogP contribution in [0.15, 0.2) is 29.9 Å². The van der Waals surface area contributed by atoms with Gasteiger partial charge in [-0.15, -0.1) is 11.3 Å². The molecule has 0 saturated carbocycles. The summed E-state index contributed by atoms with van der Waals surface area (Å²) in [7, 11) is 0. The number of nitrogen functional groups attached to an aromatic ring is 1. The predicted molar refractivity (Wildman–Crippen MR) is 122 cm³/mol. The van der Waals surface area contributed by atoms with Gasteiger partial charge in [-0.2, -0.15) is 0 Å². The highest BCUT2D eigenvalue weighted by Gasteiger charge is 2.30. The van der Waals surface area contributed by atoms with Crippen molar-refractivity contribution < 1.29 is 9.90 Å². The molecule has 0 atom stereocenters. The van der Waals surface area contributed by atoms with E-state index in [1.165, 1.54) is 6.20 Å². The molecular weight excluding hydrogens is 434 g/mol. The molecule has 3 N–H and O–H groups in total. The second-order valence-corrected chi connectivity index (χ2v) is 9.07. The number of phenolic OH excluding ortho intramolecular Hbond substituents is 1. The normalized spacial score (nSPS) is 13.6. The number of aromatic hydroxyl groups is 1. The minimum absolute atomic E-state index is 0.150. The molecule has 4 aromatic rings. The average molecular weight is 454 g/mol. The molecule has 0 aliphatic carbocycles. The maximum atomic E-state index is 13.7. The van der Waals surface area contributed by atoms with Gasteiger partial charge in [0.15, 0.2) is 0 Å². The summed E-state index contributed by atoms with van der Waals surface area (Å²) in [4.78, 5) is 25.4. The topological polar surface area (TPSA) is 97.3 Å². The number of hydrogen-bond donors (Lipinski definition) is 2. The summed E-state index contributed by atoms with van der Waals surface area (Å²) in [6.45, 7) is 4.82. The molecule has 0 saturated heterocycles. The molecule has 0 radical (unpaired) electrons. The number of nitrogens with zero attached hydrogens (tertiary/aromatic N) is 4. The van der Waals surface area contributed by atoms with E-state index in [0.717, 1.165) is 16.1 Å². The first-order valence-corrected chi connectivity index (χ1v) is 11.1. The van der Waals surface area contributed by atoms with Gasteiger partial charge in [0, 0.05) is 35.0 Å². The minimum Gasteiger partial charge on any atom is -0.508 e. The molecule has 9 heteroatoms. The Morgan fingerprint density at radius 3 is 2.90 bits per heavy atom. The lowest BCUT2D eigenvalue weighted by molar-refractivity contribution is 0.0739. The highest BCUT2D eigenvalue weighted by Crippen LogP contribution is 2.37. The molecule has 4 heterocycles. The number of benzene rings is 1. The summed E-state index contributed by atoms with van der Waals surface area (Å²) >= 11 is 7.80. The van der Waals surface area contributed by atoms with Crippen LogP contribution in [-0.2, 0) is 13.0 Å². The maximum absolute atomic E-state index is 13.7. The standard InChI is InChI=1S/C22H20ClN5O2S/c1-11-3-4-16(29)12(2)19(11)28-20(24)18(14-7-13(23)8-25-21(14)28)22(30)27-6-5-15-17(9-27)31-10-26-15/h3-4,7-8,10,29H,5-6,9,24H2,1-2H3. The first-order chi connectivity index (χ1) is 14.9. The minimum atomic E-state index is -0.167. The second kappa shape index (κ2) is 7.25. The van der Waals surface area contributed by atoms with Gasteiger partial charge in [-0.05, 0) is 31.5 Å². The van der Waals surface area contributed by atoms with Crippen molar-refractivity contribution in [2.45, 2.75) is 26.8 Å². The Morgan fingerprint density at radius 1 is 1.29 bits per heavy atom. The van der Waals surface area contributed by atoms with Crippen LogP contribution in [-0.4, -0.2) is 37.0 Å². The third-order valence-electron chi connectivity index (χ3n) is 5.82. The number of anilines is 1. The zero-order valence-electron chi connectivity index (χ0n) is 17.0. The lowest BCUT2D eigenvalue weighted by Crippen LogP contribution is -2.35. The number of carbonyl (C=O) groups is 1. The van der Waals surface area contributed by atoms with Crippen molar-refractivity contribution in [2.24, 2.45) is 0 Å². The molecule has 3 aromatic heterocycles. The summed E-state index contributed by atoms with van der Waals surface area (Å²) in [5.41, 5.74) is 12.7. The Bertz CT molecular complexity index is 1360. The van der Waals surface area contributed by atoms with Crippen LogP contribution in [0.3, 0.4) is 0 Å². The van der Waals surface area contributed by atoms with E-state index in [9.17, 15) is 9.90 Å². The zero-order valence-corrected chi connectivity index (χ0v) is 18.6. The number of phenols is 1. The molecule has 0 fully saturated rings. The van der Waals surface area contributed by atoms with Gasteiger partial charge in [0.05, 0.1) is 34.0 Å². The van der Waals surface area contributed by atoms with Gasteiger partial charge < -0.3 is 15.7 Å². The number of aryl methyl sites for hydroxylation is 1. The highest BCUT2D eigenvalue weighted by molar-refractivity contribution is 7.09. The predicted octanol–water partition coefficient (Wildman–Crippen LogP) is 4.24. The van der Waals surface area contributed by atoms with Crippen LogP contribution in [0.4, 0.5) is 5.82 Å². The Morgan fingerprint density at radius 2 is 2.10 bits per heavy atom. The van der Waals surface area contributed by atoms with Crippen LogP contribution < -0.4 is 5.73 Å². The SMILES string of the molecule is Cc1ccc(O)c(C)c1-n1c(N)c(C(=O)N2CCc3ncsc3C2)c2cc(Cl)cnc21.